The Morgan fingerprint density at radius 2 is 2.16 bits per heavy atom. The topological polar surface area (TPSA) is 78.2 Å². The van der Waals surface area contributed by atoms with Gasteiger partial charge >= 0.3 is 5.69 Å². The predicted octanol–water partition coefficient (Wildman–Crippen LogP) is 3.38. The predicted molar refractivity (Wildman–Crippen MR) is 72.2 cm³/mol. The van der Waals surface area contributed by atoms with Gasteiger partial charge in [-0.05, 0) is 17.7 Å². The molecule has 0 N–H and O–H groups in total. The highest BCUT2D eigenvalue weighted by Gasteiger charge is 2.18. The van der Waals surface area contributed by atoms with Gasteiger partial charge in [-0.25, -0.2) is 4.98 Å². The minimum absolute atomic E-state index is 0.104. The average molecular weight is 345 g/mol. The normalized spacial score (nSPS) is 10.2. The van der Waals surface area contributed by atoms with Crippen molar-refractivity contribution in [3.63, 3.8) is 0 Å². The van der Waals surface area contributed by atoms with E-state index in [2.05, 4.69) is 25.9 Å². The van der Waals surface area contributed by atoms with Gasteiger partial charge in [0.2, 0.25) is 5.28 Å². The Balaban J connectivity index is 2.22. The summed E-state index contributed by atoms with van der Waals surface area (Å²) in [7, 11) is 0. The highest BCUT2D eigenvalue weighted by atomic mass is 79.9. The summed E-state index contributed by atoms with van der Waals surface area (Å²) in [5.74, 6) is -0.152. The van der Waals surface area contributed by atoms with Gasteiger partial charge in [0.15, 0.2) is 0 Å². The van der Waals surface area contributed by atoms with Gasteiger partial charge in [-0.3, -0.25) is 10.1 Å². The Bertz CT molecular complexity index is 624. The molecule has 0 atom stereocenters. The van der Waals surface area contributed by atoms with E-state index in [9.17, 15) is 10.1 Å². The van der Waals surface area contributed by atoms with Crippen LogP contribution in [0.2, 0.25) is 5.28 Å². The molecule has 8 heteroatoms. The molecule has 0 amide bonds. The smallest absolute Gasteiger partial charge is 0.349 e. The van der Waals surface area contributed by atoms with Crippen LogP contribution in [0, 0.1) is 10.1 Å². The molecule has 0 aliphatic carbocycles. The van der Waals surface area contributed by atoms with E-state index in [0.717, 1.165) is 16.2 Å². The summed E-state index contributed by atoms with van der Waals surface area (Å²) in [6, 6.07) is 7.38. The van der Waals surface area contributed by atoms with E-state index in [-0.39, 0.29) is 23.5 Å². The van der Waals surface area contributed by atoms with Gasteiger partial charge in [-0.2, -0.15) is 4.98 Å². The largest absolute Gasteiger partial charge is 0.468 e. The molecular weight excluding hydrogens is 337 g/mol. The van der Waals surface area contributed by atoms with Gasteiger partial charge in [-0.15, -0.1) is 0 Å². The molecule has 0 spiro atoms. The molecule has 1 aromatic carbocycles. The summed E-state index contributed by atoms with van der Waals surface area (Å²) >= 11 is 8.96. The maximum Gasteiger partial charge on any atom is 0.349 e. The van der Waals surface area contributed by atoms with Crippen LogP contribution in [0.3, 0.4) is 0 Å². The molecule has 6 nitrogen and oxygen atoms in total. The highest BCUT2D eigenvalue weighted by molar-refractivity contribution is 9.10. The third-order valence-corrected chi connectivity index (χ3v) is 3.18. The second-order valence-electron chi connectivity index (χ2n) is 3.47. The van der Waals surface area contributed by atoms with Gasteiger partial charge in [-0.1, -0.05) is 34.1 Å². The average Bonchev–Trinajstić information content (AvgIpc) is 2.37. The Hall–Kier alpha value is -1.73. The highest BCUT2D eigenvalue weighted by Crippen LogP contribution is 2.26. The first-order valence-electron chi connectivity index (χ1n) is 5.11. The van der Waals surface area contributed by atoms with Crippen molar-refractivity contribution in [1.82, 2.24) is 9.97 Å². The summed E-state index contributed by atoms with van der Waals surface area (Å²) in [6.45, 7) is 0.135. The van der Waals surface area contributed by atoms with E-state index in [0.29, 0.717) is 0 Å². The molecule has 0 unspecified atom stereocenters. The van der Waals surface area contributed by atoms with E-state index < -0.39 is 4.92 Å². The standard InChI is InChI=1S/C11H7BrClN3O3/c12-8-4-2-1-3-7(8)6-19-10-9(16(17)18)5-14-11(13)15-10/h1-5H,6H2. The van der Waals surface area contributed by atoms with Crippen molar-refractivity contribution in [2.45, 2.75) is 6.61 Å². The lowest BCUT2D eigenvalue weighted by molar-refractivity contribution is -0.386. The van der Waals surface area contributed by atoms with E-state index in [4.69, 9.17) is 16.3 Å². The zero-order valence-electron chi connectivity index (χ0n) is 9.42. The van der Waals surface area contributed by atoms with Gasteiger partial charge in [0.05, 0.1) is 4.92 Å². The van der Waals surface area contributed by atoms with Gasteiger partial charge in [0, 0.05) is 10.0 Å². The molecule has 0 saturated heterocycles. The molecule has 19 heavy (non-hydrogen) atoms. The Morgan fingerprint density at radius 3 is 2.84 bits per heavy atom. The molecule has 0 radical (unpaired) electrons. The first-order chi connectivity index (χ1) is 9.08. The SMILES string of the molecule is O=[N+]([O-])c1cnc(Cl)nc1OCc1ccccc1Br. The van der Waals surface area contributed by atoms with Gasteiger partial charge in [0.1, 0.15) is 12.8 Å². The van der Waals surface area contributed by atoms with Gasteiger partial charge in [0.25, 0.3) is 5.88 Å². The zero-order valence-corrected chi connectivity index (χ0v) is 11.8. The van der Waals surface area contributed by atoms with Crippen molar-refractivity contribution >= 4 is 33.2 Å². The van der Waals surface area contributed by atoms with Gasteiger partial charge < -0.3 is 4.74 Å². The quantitative estimate of drug-likeness (QED) is 0.482. The number of rotatable bonds is 4. The van der Waals surface area contributed by atoms with Crippen LogP contribution in [0.25, 0.3) is 0 Å². The van der Waals surface area contributed by atoms with Crippen molar-refractivity contribution in [3.8, 4) is 5.88 Å². The number of ether oxygens (including phenoxy) is 1. The summed E-state index contributed by atoms with van der Waals surface area (Å²) in [5.41, 5.74) is 0.517. The maximum absolute atomic E-state index is 10.8. The summed E-state index contributed by atoms with van der Waals surface area (Å²) in [5, 5.41) is 10.7. The Kier molecular flexibility index (Phi) is 4.28. The number of hydrogen-bond donors (Lipinski definition) is 0. The number of nitrogens with zero attached hydrogens (tertiary/aromatic N) is 3. The fourth-order valence-electron chi connectivity index (χ4n) is 1.33. The second kappa shape index (κ2) is 5.94. The van der Waals surface area contributed by atoms with Crippen molar-refractivity contribution in [2.24, 2.45) is 0 Å². The maximum atomic E-state index is 10.8. The third-order valence-electron chi connectivity index (χ3n) is 2.23. The monoisotopic (exact) mass is 343 g/mol. The second-order valence-corrected chi connectivity index (χ2v) is 4.66. The molecule has 2 aromatic rings. The number of benzene rings is 1. The lowest BCUT2D eigenvalue weighted by Gasteiger charge is -2.07. The van der Waals surface area contributed by atoms with Crippen molar-refractivity contribution in [3.05, 3.63) is 55.9 Å². The third kappa shape index (κ3) is 3.39. The molecule has 0 aliphatic rings. The number of nitro groups is 1. The van der Waals surface area contributed by atoms with Crippen molar-refractivity contribution in [1.29, 1.82) is 0 Å². The van der Waals surface area contributed by atoms with E-state index in [1.807, 2.05) is 24.3 Å². The van der Waals surface area contributed by atoms with E-state index >= 15 is 0 Å². The van der Waals surface area contributed by atoms with Crippen molar-refractivity contribution < 1.29 is 9.66 Å². The Labute approximate surface area is 121 Å². The molecular formula is C11H7BrClN3O3. The van der Waals surface area contributed by atoms with E-state index in [1.165, 1.54) is 0 Å². The fourth-order valence-corrected chi connectivity index (χ4v) is 1.86. The summed E-state index contributed by atoms with van der Waals surface area (Å²) in [4.78, 5) is 17.5. The lowest BCUT2D eigenvalue weighted by atomic mass is 10.2. The summed E-state index contributed by atoms with van der Waals surface area (Å²) < 4.78 is 6.18. The molecule has 0 bridgehead atoms. The first-order valence-corrected chi connectivity index (χ1v) is 6.28. The van der Waals surface area contributed by atoms with E-state index in [1.54, 1.807) is 0 Å². The van der Waals surface area contributed by atoms with Crippen LogP contribution >= 0.6 is 27.5 Å². The van der Waals surface area contributed by atoms with Crippen LogP contribution in [0.4, 0.5) is 5.69 Å². The number of halogens is 2. The summed E-state index contributed by atoms with van der Waals surface area (Å²) in [6.07, 6.45) is 1.02. The van der Waals surface area contributed by atoms with Crippen LogP contribution in [0.15, 0.2) is 34.9 Å². The van der Waals surface area contributed by atoms with Crippen LogP contribution in [-0.2, 0) is 6.61 Å². The molecule has 2 rings (SSSR count). The molecule has 0 fully saturated rings. The van der Waals surface area contributed by atoms with Crippen molar-refractivity contribution in [2.75, 3.05) is 0 Å². The van der Waals surface area contributed by atoms with Crippen LogP contribution in [-0.4, -0.2) is 14.9 Å². The molecule has 0 saturated carbocycles. The Morgan fingerprint density at radius 1 is 1.42 bits per heavy atom. The number of aromatic nitrogens is 2. The molecule has 1 heterocycles. The first kappa shape index (κ1) is 13.7. The zero-order chi connectivity index (χ0) is 13.8. The molecule has 0 aliphatic heterocycles. The minimum atomic E-state index is -0.619. The van der Waals surface area contributed by atoms with Crippen LogP contribution in [0.5, 0.6) is 5.88 Å². The lowest BCUT2D eigenvalue weighted by Crippen LogP contribution is -2.02. The molecule has 98 valence electrons. The molecule has 1 aromatic heterocycles. The number of hydrogen-bond acceptors (Lipinski definition) is 5. The van der Waals surface area contributed by atoms with Crippen LogP contribution in [0.1, 0.15) is 5.56 Å². The fraction of sp³-hybridized carbons (Fsp3) is 0.0909. The van der Waals surface area contributed by atoms with Crippen LogP contribution < -0.4 is 4.74 Å². The minimum Gasteiger partial charge on any atom is -0.468 e.